The number of hydrogen-bond donors (Lipinski definition) is 0. The third kappa shape index (κ3) is 6.75. The Morgan fingerprint density at radius 2 is 0.955 bits per heavy atom. The fourth-order valence-corrected chi connectivity index (χ4v) is 1.30. The molecule has 0 aromatic heterocycles. The molecule has 0 spiro atoms. The van der Waals surface area contributed by atoms with Crippen LogP contribution < -0.4 is 0 Å². The second kappa shape index (κ2) is 9.99. The van der Waals surface area contributed by atoms with Gasteiger partial charge in [-0.1, -0.05) is 19.7 Å². The van der Waals surface area contributed by atoms with Gasteiger partial charge in [0, 0.05) is 0 Å². The molecule has 7 heteroatoms. The molecule has 3 unspecified atom stereocenters. The van der Waals surface area contributed by atoms with Gasteiger partial charge in [0.05, 0.1) is 0 Å². The number of hydrogen-bond acceptors (Lipinski definition) is 6. The summed E-state index contributed by atoms with van der Waals surface area (Å²) < 4.78 is 15.9. The van der Waals surface area contributed by atoms with Crippen molar-refractivity contribution in [2.24, 2.45) is 0 Å². The van der Waals surface area contributed by atoms with E-state index < -0.39 is 25.6 Å². The van der Waals surface area contributed by atoms with Gasteiger partial charge < -0.3 is 14.0 Å². The molecule has 0 aliphatic heterocycles. The number of rotatable bonds is 12. The molecule has 0 aliphatic rings. The molecule has 0 heterocycles. The highest BCUT2D eigenvalue weighted by atomic mass is 16.7. The van der Waals surface area contributed by atoms with E-state index in [9.17, 15) is 14.4 Å². The maximum absolute atomic E-state index is 11.5. The van der Waals surface area contributed by atoms with E-state index in [1.165, 1.54) is 20.8 Å². The average molecular weight is 308 g/mol. The van der Waals surface area contributed by atoms with E-state index in [4.69, 9.17) is 14.0 Å². The van der Waals surface area contributed by atoms with Gasteiger partial charge in [-0.3, -0.25) is 14.4 Å². The normalized spacial score (nSPS) is 14.3. The summed E-state index contributed by atoms with van der Waals surface area (Å²) >= 11 is 0. The topological polar surface area (TPSA) is 78.9 Å². The summed E-state index contributed by atoms with van der Waals surface area (Å²) in [6, 6.07) is 0. The van der Waals surface area contributed by atoms with Gasteiger partial charge in [0.25, 0.3) is 0 Å². The third-order valence-electron chi connectivity index (χ3n) is 2.75. The maximum Gasteiger partial charge on any atom is 0.641 e. The molecular weight excluding hydrogens is 287 g/mol. The van der Waals surface area contributed by atoms with E-state index in [-0.39, 0.29) is 17.3 Å². The van der Waals surface area contributed by atoms with E-state index in [2.05, 4.69) is 19.7 Å². The molecule has 0 radical (unpaired) electrons. The van der Waals surface area contributed by atoms with Crippen LogP contribution in [-0.4, -0.2) is 43.0 Å². The summed E-state index contributed by atoms with van der Waals surface area (Å²) in [6.45, 7) is 14.5. The van der Waals surface area contributed by atoms with Crippen LogP contribution in [0.5, 0.6) is 0 Å². The smallest absolute Gasteiger partial charge is 0.376 e. The Morgan fingerprint density at radius 3 is 1.14 bits per heavy atom. The lowest BCUT2D eigenvalue weighted by molar-refractivity contribution is -0.127. The molecule has 3 atom stereocenters. The Bertz CT molecular complexity index is 392. The van der Waals surface area contributed by atoms with Crippen molar-refractivity contribution in [3.05, 3.63) is 38.0 Å². The molecule has 120 valence electrons. The monoisotopic (exact) mass is 308 g/mol. The van der Waals surface area contributed by atoms with Crippen LogP contribution in [0.2, 0.25) is 0 Å². The highest BCUT2D eigenvalue weighted by Gasteiger charge is 2.33. The maximum atomic E-state index is 11.5. The SMILES string of the molecule is C=CC(=O)C(C)OB(OC(C)C(=O)C=C)OC(C)C(=O)C=C. The zero-order valence-electron chi connectivity index (χ0n) is 13.1. The van der Waals surface area contributed by atoms with Crippen LogP contribution in [0.1, 0.15) is 20.8 Å². The van der Waals surface area contributed by atoms with E-state index >= 15 is 0 Å². The Balaban J connectivity index is 4.96. The van der Waals surface area contributed by atoms with Crippen LogP contribution in [0.3, 0.4) is 0 Å². The molecule has 6 nitrogen and oxygen atoms in total. The van der Waals surface area contributed by atoms with Gasteiger partial charge in [-0.25, -0.2) is 0 Å². The van der Waals surface area contributed by atoms with Crippen LogP contribution >= 0.6 is 0 Å². The van der Waals surface area contributed by atoms with Crippen LogP contribution in [0.25, 0.3) is 0 Å². The molecule has 0 aromatic rings. The minimum absolute atomic E-state index is 0.386. The standard InChI is InChI=1S/C15H21BO6/c1-7-13(17)10(4)20-16(21-11(5)14(18)8-2)22-12(6)15(19)9-3/h7-12H,1-3H2,4-6H3. The van der Waals surface area contributed by atoms with Gasteiger partial charge in [0.15, 0.2) is 17.3 Å². The predicted molar refractivity (Wildman–Crippen MR) is 83.0 cm³/mol. The second-order valence-electron chi connectivity index (χ2n) is 4.44. The van der Waals surface area contributed by atoms with Crippen molar-refractivity contribution in [3.8, 4) is 0 Å². The Labute approximate surface area is 131 Å². The van der Waals surface area contributed by atoms with E-state index in [0.29, 0.717) is 0 Å². The van der Waals surface area contributed by atoms with Crippen LogP contribution in [0.15, 0.2) is 38.0 Å². The summed E-state index contributed by atoms with van der Waals surface area (Å²) in [5.41, 5.74) is 0. The molecule has 0 fully saturated rings. The highest BCUT2D eigenvalue weighted by molar-refractivity contribution is 6.38. The highest BCUT2D eigenvalue weighted by Crippen LogP contribution is 2.08. The molecule has 0 saturated heterocycles. The van der Waals surface area contributed by atoms with E-state index in [0.717, 1.165) is 18.2 Å². The number of ketones is 3. The van der Waals surface area contributed by atoms with Crippen molar-refractivity contribution >= 4 is 24.7 Å². The quantitative estimate of drug-likeness (QED) is 0.401. The van der Waals surface area contributed by atoms with E-state index in [1.807, 2.05) is 0 Å². The van der Waals surface area contributed by atoms with Gasteiger partial charge in [-0.05, 0) is 39.0 Å². The van der Waals surface area contributed by atoms with Crippen molar-refractivity contribution in [2.45, 2.75) is 39.1 Å². The molecule has 0 bridgehead atoms. The minimum Gasteiger partial charge on any atom is -0.376 e. The van der Waals surface area contributed by atoms with Gasteiger partial charge in [-0.2, -0.15) is 0 Å². The Hall–Kier alpha value is -1.83. The molecule has 0 aromatic carbocycles. The Kier molecular flexibility index (Phi) is 9.16. The van der Waals surface area contributed by atoms with E-state index in [1.54, 1.807) is 0 Å². The van der Waals surface area contributed by atoms with Crippen molar-refractivity contribution in [2.75, 3.05) is 0 Å². The van der Waals surface area contributed by atoms with Crippen molar-refractivity contribution < 1.29 is 28.3 Å². The summed E-state index contributed by atoms with van der Waals surface area (Å²) in [6.07, 6.45) is 0.577. The fraction of sp³-hybridized carbons (Fsp3) is 0.400. The molecule has 0 N–H and O–H groups in total. The second-order valence-corrected chi connectivity index (χ2v) is 4.44. The van der Waals surface area contributed by atoms with Gasteiger partial charge in [0.1, 0.15) is 18.3 Å². The van der Waals surface area contributed by atoms with Crippen LogP contribution in [0, 0.1) is 0 Å². The predicted octanol–water partition coefficient (Wildman–Crippen LogP) is 1.45. The minimum atomic E-state index is -1.38. The summed E-state index contributed by atoms with van der Waals surface area (Å²) in [4.78, 5) is 34.4. The molecule has 0 rings (SSSR count). The molecule has 0 amide bonds. The number of carbonyl (C=O) groups is 3. The third-order valence-corrected chi connectivity index (χ3v) is 2.75. The average Bonchev–Trinajstić information content (AvgIpc) is 2.51. The molecule has 0 aliphatic carbocycles. The zero-order chi connectivity index (χ0) is 17.3. The van der Waals surface area contributed by atoms with Crippen LogP contribution in [0.4, 0.5) is 0 Å². The summed E-state index contributed by atoms with van der Waals surface area (Å²) in [5, 5.41) is 0. The first-order valence-electron chi connectivity index (χ1n) is 6.72. The summed E-state index contributed by atoms with van der Waals surface area (Å²) in [5.74, 6) is -1.16. The van der Waals surface area contributed by atoms with Gasteiger partial charge in [-0.15, -0.1) is 0 Å². The first-order chi connectivity index (χ1) is 10.3. The van der Waals surface area contributed by atoms with Crippen molar-refractivity contribution in [3.63, 3.8) is 0 Å². The van der Waals surface area contributed by atoms with Crippen molar-refractivity contribution in [1.29, 1.82) is 0 Å². The fourth-order valence-electron chi connectivity index (χ4n) is 1.30. The lowest BCUT2D eigenvalue weighted by Crippen LogP contribution is -2.41. The molecular formula is C15H21BO6. The largest absolute Gasteiger partial charge is 0.641 e. The van der Waals surface area contributed by atoms with Crippen molar-refractivity contribution in [1.82, 2.24) is 0 Å². The summed E-state index contributed by atoms with van der Waals surface area (Å²) in [7, 11) is -1.38. The van der Waals surface area contributed by atoms with Gasteiger partial charge in [0.2, 0.25) is 0 Å². The number of carbonyl (C=O) groups excluding carboxylic acids is 3. The first-order valence-corrected chi connectivity index (χ1v) is 6.72. The van der Waals surface area contributed by atoms with Crippen LogP contribution in [-0.2, 0) is 28.3 Å². The lowest BCUT2D eigenvalue weighted by atomic mass is 10.1. The molecule has 0 saturated carbocycles. The lowest BCUT2D eigenvalue weighted by Gasteiger charge is -2.22. The Morgan fingerprint density at radius 1 is 0.727 bits per heavy atom. The molecule has 22 heavy (non-hydrogen) atoms. The van der Waals surface area contributed by atoms with Gasteiger partial charge >= 0.3 is 7.32 Å². The zero-order valence-corrected chi connectivity index (χ0v) is 13.1. The first kappa shape index (κ1) is 20.2.